The number of ether oxygens (including phenoxy) is 2. The SMILES string of the molecule is CCOC(=O)c1cccn(Cc2ccc3cc(OC)ccc3c2)c1=O. The van der Waals surface area contributed by atoms with Crippen molar-refractivity contribution in [2.75, 3.05) is 13.7 Å². The van der Waals surface area contributed by atoms with Gasteiger partial charge >= 0.3 is 5.97 Å². The van der Waals surface area contributed by atoms with Gasteiger partial charge in [0.1, 0.15) is 11.3 Å². The smallest absolute Gasteiger partial charge is 0.343 e. The average molecular weight is 337 g/mol. The van der Waals surface area contributed by atoms with Gasteiger partial charge in [0.2, 0.25) is 0 Å². The molecule has 0 spiro atoms. The van der Waals surface area contributed by atoms with Crippen molar-refractivity contribution in [2.45, 2.75) is 13.5 Å². The first-order valence-electron chi connectivity index (χ1n) is 8.05. The van der Waals surface area contributed by atoms with E-state index in [1.807, 2.05) is 36.4 Å². The molecule has 0 aliphatic rings. The predicted octanol–water partition coefficient (Wildman–Crippen LogP) is 3.24. The molecule has 128 valence electrons. The van der Waals surface area contributed by atoms with Gasteiger partial charge in [0, 0.05) is 6.20 Å². The van der Waals surface area contributed by atoms with Crippen LogP contribution < -0.4 is 10.3 Å². The molecule has 2 aromatic carbocycles. The van der Waals surface area contributed by atoms with Gasteiger partial charge in [0.25, 0.3) is 5.56 Å². The molecule has 5 heteroatoms. The zero-order valence-corrected chi connectivity index (χ0v) is 14.2. The molecule has 0 aliphatic carbocycles. The Morgan fingerprint density at radius 1 is 1.08 bits per heavy atom. The summed E-state index contributed by atoms with van der Waals surface area (Å²) in [5.74, 6) is 0.214. The minimum absolute atomic E-state index is 0.0508. The molecule has 0 fully saturated rings. The Morgan fingerprint density at radius 2 is 1.84 bits per heavy atom. The van der Waals surface area contributed by atoms with Gasteiger partial charge in [0.05, 0.1) is 20.3 Å². The molecule has 3 aromatic rings. The van der Waals surface area contributed by atoms with Crippen LogP contribution >= 0.6 is 0 Å². The van der Waals surface area contributed by atoms with Crippen molar-refractivity contribution >= 4 is 16.7 Å². The van der Waals surface area contributed by atoms with E-state index in [0.29, 0.717) is 6.54 Å². The highest BCUT2D eigenvalue weighted by molar-refractivity contribution is 5.89. The van der Waals surface area contributed by atoms with E-state index in [9.17, 15) is 9.59 Å². The van der Waals surface area contributed by atoms with E-state index in [1.54, 1.807) is 26.3 Å². The number of rotatable bonds is 5. The number of nitrogens with zero attached hydrogens (tertiary/aromatic N) is 1. The van der Waals surface area contributed by atoms with Crippen LogP contribution in [-0.2, 0) is 11.3 Å². The normalized spacial score (nSPS) is 10.6. The Balaban J connectivity index is 1.92. The molecule has 0 aliphatic heterocycles. The number of pyridine rings is 1. The molecule has 1 aromatic heterocycles. The van der Waals surface area contributed by atoms with Gasteiger partial charge in [0.15, 0.2) is 0 Å². The molecule has 0 saturated heterocycles. The molecule has 0 N–H and O–H groups in total. The van der Waals surface area contributed by atoms with Crippen molar-refractivity contribution < 1.29 is 14.3 Å². The summed E-state index contributed by atoms with van der Waals surface area (Å²) in [6, 6.07) is 15.0. The van der Waals surface area contributed by atoms with Gasteiger partial charge in [-0.3, -0.25) is 4.79 Å². The number of carbonyl (C=O) groups is 1. The van der Waals surface area contributed by atoms with E-state index in [0.717, 1.165) is 22.1 Å². The number of fused-ring (bicyclic) bond motifs is 1. The van der Waals surface area contributed by atoms with E-state index in [2.05, 4.69) is 0 Å². The predicted molar refractivity (Wildman–Crippen MR) is 96.3 cm³/mol. The summed E-state index contributed by atoms with van der Waals surface area (Å²) >= 11 is 0. The summed E-state index contributed by atoms with van der Waals surface area (Å²) in [5.41, 5.74) is 0.673. The first-order valence-corrected chi connectivity index (χ1v) is 8.05. The van der Waals surface area contributed by atoms with Crippen LogP contribution in [0.3, 0.4) is 0 Å². The first kappa shape index (κ1) is 16.8. The van der Waals surface area contributed by atoms with Crippen LogP contribution in [0.5, 0.6) is 5.75 Å². The van der Waals surface area contributed by atoms with E-state index in [1.165, 1.54) is 10.6 Å². The van der Waals surface area contributed by atoms with Crippen LogP contribution in [0.15, 0.2) is 59.5 Å². The van der Waals surface area contributed by atoms with Gasteiger partial charge < -0.3 is 14.0 Å². The molecular formula is C20H19NO4. The van der Waals surface area contributed by atoms with E-state index in [4.69, 9.17) is 9.47 Å². The van der Waals surface area contributed by atoms with Gasteiger partial charge in [-0.15, -0.1) is 0 Å². The van der Waals surface area contributed by atoms with Gasteiger partial charge in [-0.05, 0) is 53.6 Å². The molecule has 0 saturated carbocycles. The molecule has 25 heavy (non-hydrogen) atoms. The zero-order valence-electron chi connectivity index (χ0n) is 14.2. The lowest BCUT2D eigenvalue weighted by Crippen LogP contribution is -2.27. The fourth-order valence-electron chi connectivity index (χ4n) is 2.72. The summed E-state index contributed by atoms with van der Waals surface area (Å²) < 4.78 is 11.7. The second-order valence-corrected chi connectivity index (χ2v) is 5.62. The standard InChI is InChI=1S/C20H19NO4/c1-3-25-20(23)18-5-4-10-21(19(18)22)13-14-6-7-16-12-17(24-2)9-8-15(16)11-14/h4-12H,3,13H2,1-2H3. The van der Waals surface area contributed by atoms with Crippen molar-refractivity contribution in [1.82, 2.24) is 4.57 Å². The van der Waals surface area contributed by atoms with Crippen molar-refractivity contribution in [3.63, 3.8) is 0 Å². The van der Waals surface area contributed by atoms with Crippen LogP contribution in [0.4, 0.5) is 0 Å². The maximum absolute atomic E-state index is 12.5. The highest BCUT2D eigenvalue weighted by atomic mass is 16.5. The summed E-state index contributed by atoms with van der Waals surface area (Å²) in [6.07, 6.45) is 1.67. The molecule has 3 rings (SSSR count). The van der Waals surface area contributed by atoms with Crippen molar-refractivity contribution in [3.8, 4) is 5.75 Å². The Labute approximate surface area is 145 Å². The van der Waals surface area contributed by atoms with Crippen LogP contribution in [0, 0.1) is 0 Å². The number of carbonyl (C=O) groups excluding carboxylic acids is 1. The number of hydrogen-bond donors (Lipinski definition) is 0. The Bertz CT molecular complexity index is 975. The molecule has 0 atom stereocenters. The zero-order chi connectivity index (χ0) is 17.8. The molecule has 1 heterocycles. The minimum Gasteiger partial charge on any atom is -0.497 e. The number of esters is 1. The van der Waals surface area contributed by atoms with Gasteiger partial charge in [-0.25, -0.2) is 4.79 Å². The van der Waals surface area contributed by atoms with Crippen molar-refractivity contribution in [3.05, 3.63) is 76.2 Å². The highest BCUT2D eigenvalue weighted by Gasteiger charge is 2.13. The molecule has 0 radical (unpaired) electrons. The third-order valence-electron chi connectivity index (χ3n) is 3.98. The lowest BCUT2D eigenvalue weighted by atomic mass is 10.1. The maximum atomic E-state index is 12.5. The second kappa shape index (κ2) is 7.21. The number of hydrogen-bond acceptors (Lipinski definition) is 4. The molecular weight excluding hydrogens is 318 g/mol. The summed E-state index contributed by atoms with van der Waals surface area (Å²) in [4.78, 5) is 24.3. The average Bonchev–Trinajstić information content (AvgIpc) is 2.63. The second-order valence-electron chi connectivity index (χ2n) is 5.62. The summed E-state index contributed by atoms with van der Waals surface area (Å²) in [5, 5.41) is 2.13. The van der Waals surface area contributed by atoms with Crippen LogP contribution in [0.1, 0.15) is 22.8 Å². The third kappa shape index (κ3) is 3.55. The van der Waals surface area contributed by atoms with Crippen LogP contribution in [-0.4, -0.2) is 24.3 Å². The maximum Gasteiger partial charge on any atom is 0.343 e. The molecule has 0 unspecified atom stereocenters. The third-order valence-corrected chi connectivity index (χ3v) is 3.98. The monoisotopic (exact) mass is 337 g/mol. The Morgan fingerprint density at radius 3 is 2.60 bits per heavy atom. The first-order chi connectivity index (χ1) is 12.1. The topological polar surface area (TPSA) is 57.5 Å². The quantitative estimate of drug-likeness (QED) is 0.671. The lowest BCUT2D eigenvalue weighted by Gasteiger charge is -2.09. The number of methoxy groups -OCH3 is 1. The Hall–Kier alpha value is -3.08. The fourth-order valence-corrected chi connectivity index (χ4v) is 2.72. The van der Waals surface area contributed by atoms with E-state index >= 15 is 0 Å². The van der Waals surface area contributed by atoms with Gasteiger partial charge in [-0.1, -0.05) is 18.2 Å². The largest absolute Gasteiger partial charge is 0.497 e. The number of benzene rings is 2. The fraction of sp³-hybridized carbons (Fsp3) is 0.200. The number of aromatic nitrogens is 1. The Kier molecular flexibility index (Phi) is 4.84. The van der Waals surface area contributed by atoms with E-state index in [-0.39, 0.29) is 17.7 Å². The minimum atomic E-state index is -0.590. The molecule has 0 bridgehead atoms. The van der Waals surface area contributed by atoms with E-state index < -0.39 is 5.97 Å². The summed E-state index contributed by atoms with van der Waals surface area (Å²) in [7, 11) is 1.64. The summed E-state index contributed by atoms with van der Waals surface area (Å²) in [6.45, 7) is 2.33. The molecule has 0 amide bonds. The van der Waals surface area contributed by atoms with Crippen LogP contribution in [0.2, 0.25) is 0 Å². The van der Waals surface area contributed by atoms with Gasteiger partial charge in [-0.2, -0.15) is 0 Å². The van der Waals surface area contributed by atoms with Crippen molar-refractivity contribution in [1.29, 1.82) is 0 Å². The van der Waals surface area contributed by atoms with Crippen molar-refractivity contribution in [2.24, 2.45) is 0 Å². The molecule has 5 nitrogen and oxygen atoms in total. The van der Waals surface area contributed by atoms with Crippen LogP contribution in [0.25, 0.3) is 10.8 Å². The lowest BCUT2D eigenvalue weighted by molar-refractivity contribution is 0.0523. The highest BCUT2D eigenvalue weighted by Crippen LogP contribution is 2.22.